The quantitative estimate of drug-likeness (QED) is 0.596. The van der Waals surface area contributed by atoms with Crippen LogP contribution in [-0.4, -0.2) is 31.3 Å². The van der Waals surface area contributed by atoms with Crippen LogP contribution in [0.2, 0.25) is 0 Å². The van der Waals surface area contributed by atoms with Crippen molar-refractivity contribution in [2.45, 2.75) is 6.54 Å². The van der Waals surface area contributed by atoms with E-state index in [0.717, 1.165) is 16.3 Å². The van der Waals surface area contributed by atoms with E-state index in [1.54, 1.807) is 30.6 Å². The number of hydrogen-bond acceptors (Lipinski definition) is 6. The van der Waals surface area contributed by atoms with Crippen LogP contribution >= 0.6 is 11.3 Å². The Labute approximate surface area is 140 Å². The molecule has 0 saturated heterocycles. The van der Waals surface area contributed by atoms with E-state index in [2.05, 4.69) is 30.7 Å². The minimum Gasteiger partial charge on any atom is -0.345 e. The van der Waals surface area contributed by atoms with Crippen LogP contribution in [0.1, 0.15) is 15.4 Å². The molecule has 0 saturated carbocycles. The maximum absolute atomic E-state index is 12.4. The summed E-state index contributed by atoms with van der Waals surface area (Å²) in [5, 5.41) is 16.2. The number of carbonyl (C=O) groups excluding carboxylic acids is 1. The summed E-state index contributed by atoms with van der Waals surface area (Å²) >= 11 is 1.51. The zero-order valence-corrected chi connectivity index (χ0v) is 13.2. The molecule has 0 bridgehead atoms. The second kappa shape index (κ2) is 6.17. The van der Waals surface area contributed by atoms with Gasteiger partial charge in [-0.3, -0.25) is 9.78 Å². The van der Waals surface area contributed by atoms with Crippen molar-refractivity contribution < 1.29 is 4.79 Å². The van der Waals surface area contributed by atoms with Gasteiger partial charge >= 0.3 is 0 Å². The van der Waals surface area contributed by atoms with Gasteiger partial charge in [-0.05, 0) is 24.3 Å². The third-order valence-corrected chi connectivity index (χ3v) is 4.37. The summed E-state index contributed by atoms with van der Waals surface area (Å²) < 4.78 is 0. The minimum atomic E-state index is -0.199. The molecule has 0 aliphatic heterocycles. The van der Waals surface area contributed by atoms with Crippen LogP contribution in [0, 0.1) is 0 Å². The normalized spacial score (nSPS) is 10.8. The Kier molecular flexibility index (Phi) is 3.72. The highest BCUT2D eigenvalue weighted by Crippen LogP contribution is 2.21. The van der Waals surface area contributed by atoms with E-state index >= 15 is 0 Å². The maximum Gasteiger partial charge on any atom is 0.253 e. The van der Waals surface area contributed by atoms with Crippen molar-refractivity contribution in [2.75, 3.05) is 0 Å². The van der Waals surface area contributed by atoms with E-state index in [0.29, 0.717) is 23.1 Å². The molecule has 118 valence electrons. The van der Waals surface area contributed by atoms with Gasteiger partial charge in [0, 0.05) is 23.3 Å². The Morgan fingerprint density at radius 3 is 2.92 bits per heavy atom. The average molecular weight is 336 g/mol. The Hall–Kier alpha value is -3.13. The predicted octanol–water partition coefficient (Wildman–Crippen LogP) is 2.41. The van der Waals surface area contributed by atoms with Gasteiger partial charge in [-0.2, -0.15) is 15.4 Å². The van der Waals surface area contributed by atoms with Gasteiger partial charge in [0.15, 0.2) is 0 Å². The average Bonchev–Trinajstić information content (AvgIpc) is 3.29. The molecule has 0 fully saturated rings. The number of benzene rings is 1. The zero-order chi connectivity index (χ0) is 16.4. The Bertz CT molecular complexity index is 994. The number of nitrogens with zero attached hydrogens (tertiary/aromatic N) is 4. The van der Waals surface area contributed by atoms with Crippen molar-refractivity contribution in [3.63, 3.8) is 0 Å². The summed E-state index contributed by atoms with van der Waals surface area (Å²) in [6.45, 7) is 0.364. The third-order valence-electron chi connectivity index (χ3n) is 3.52. The molecule has 0 aliphatic rings. The molecule has 3 heterocycles. The van der Waals surface area contributed by atoms with Crippen LogP contribution in [0.25, 0.3) is 22.3 Å². The summed E-state index contributed by atoms with van der Waals surface area (Å²) in [6.07, 6.45) is 3.46. The first-order valence-corrected chi connectivity index (χ1v) is 8.12. The molecule has 0 aliphatic carbocycles. The van der Waals surface area contributed by atoms with Crippen LogP contribution < -0.4 is 5.32 Å². The van der Waals surface area contributed by atoms with Crippen LogP contribution in [0.3, 0.4) is 0 Å². The topological polar surface area (TPSA) is 96.5 Å². The largest absolute Gasteiger partial charge is 0.345 e. The molecule has 2 N–H and O–H groups in total. The van der Waals surface area contributed by atoms with Crippen molar-refractivity contribution in [3.8, 4) is 11.3 Å². The van der Waals surface area contributed by atoms with E-state index in [1.165, 1.54) is 11.3 Å². The van der Waals surface area contributed by atoms with Gasteiger partial charge in [0.1, 0.15) is 16.0 Å². The van der Waals surface area contributed by atoms with Gasteiger partial charge in [-0.1, -0.05) is 6.07 Å². The molecule has 4 rings (SSSR count). The molecule has 1 amide bonds. The predicted molar refractivity (Wildman–Crippen MR) is 90.4 cm³/mol. The summed E-state index contributed by atoms with van der Waals surface area (Å²) in [7, 11) is 0. The first-order chi connectivity index (χ1) is 11.8. The van der Waals surface area contributed by atoms with Crippen LogP contribution in [0.5, 0.6) is 0 Å². The Balaban J connectivity index is 1.48. The highest BCUT2D eigenvalue weighted by atomic mass is 32.1. The molecule has 0 spiro atoms. The number of para-hydroxylation sites is 1. The summed E-state index contributed by atoms with van der Waals surface area (Å²) in [6, 6.07) is 9.12. The summed E-state index contributed by atoms with van der Waals surface area (Å²) in [4.78, 5) is 20.9. The fourth-order valence-corrected chi connectivity index (χ4v) is 3.09. The molecule has 0 atom stereocenters. The highest BCUT2D eigenvalue weighted by Gasteiger charge is 2.13. The van der Waals surface area contributed by atoms with E-state index in [-0.39, 0.29) is 5.91 Å². The van der Waals surface area contributed by atoms with Gasteiger partial charge < -0.3 is 5.32 Å². The van der Waals surface area contributed by atoms with Crippen molar-refractivity contribution in [3.05, 3.63) is 58.7 Å². The molecule has 4 aromatic rings. The number of H-pyrrole nitrogens is 1. The fourth-order valence-electron chi connectivity index (χ4n) is 2.35. The van der Waals surface area contributed by atoms with Gasteiger partial charge in [-0.15, -0.1) is 11.3 Å². The minimum absolute atomic E-state index is 0.199. The first kappa shape index (κ1) is 14.5. The van der Waals surface area contributed by atoms with Gasteiger partial charge in [0.2, 0.25) is 0 Å². The van der Waals surface area contributed by atoms with E-state index in [9.17, 15) is 4.79 Å². The van der Waals surface area contributed by atoms with Crippen LogP contribution in [0.4, 0.5) is 0 Å². The second-order valence-corrected chi connectivity index (χ2v) is 5.98. The number of nitrogens with one attached hydrogen (secondary N) is 2. The Morgan fingerprint density at radius 2 is 2.04 bits per heavy atom. The van der Waals surface area contributed by atoms with Gasteiger partial charge in [0.05, 0.1) is 17.8 Å². The third kappa shape index (κ3) is 2.74. The Morgan fingerprint density at radius 1 is 1.17 bits per heavy atom. The van der Waals surface area contributed by atoms with Crippen molar-refractivity contribution in [2.24, 2.45) is 0 Å². The van der Waals surface area contributed by atoms with Gasteiger partial charge in [-0.25, -0.2) is 4.98 Å². The number of hydrogen-bond donors (Lipinski definition) is 2. The fraction of sp³-hybridized carbons (Fsp3) is 0.0625. The lowest BCUT2D eigenvalue weighted by molar-refractivity contribution is 0.0952. The molecule has 0 radical (unpaired) electrons. The lowest BCUT2D eigenvalue weighted by Gasteiger charge is -2.03. The molecule has 3 aromatic heterocycles. The number of amides is 1. The van der Waals surface area contributed by atoms with Crippen LogP contribution in [-0.2, 0) is 6.54 Å². The molecule has 0 unspecified atom stereocenters. The molecular formula is C16H12N6OS. The van der Waals surface area contributed by atoms with Gasteiger partial charge in [0.25, 0.3) is 5.91 Å². The SMILES string of the molecule is O=C(NCc1nc(-c2ccncc2)cs1)c1cccc2n[nH]nc12. The number of pyridine rings is 1. The van der Waals surface area contributed by atoms with Crippen molar-refractivity contribution in [1.82, 2.24) is 30.7 Å². The standard InChI is InChI=1S/C16H12N6OS/c23-16(11-2-1-3-12-15(11)21-22-20-12)18-8-14-19-13(9-24-14)10-4-6-17-7-5-10/h1-7,9H,8H2,(H,18,23)(H,20,21,22). The van der Waals surface area contributed by atoms with Crippen molar-refractivity contribution in [1.29, 1.82) is 0 Å². The number of fused-ring (bicyclic) bond motifs is 1. The number of carbonyl (C=O) groups is 1. The molecular weight excluding hydrogens is 324 g/mol. The lowest BCUT2D eigenvalue weighted by Crippen LogP contribution is -2.23. The monoisotopic (exact) mass is 336 g/mol. The van der Waals surface area contributed by atoms with Crippen LogP contribution in [0.15, 0.2) is 48.1 Å². The highest BCUT2D eigenvalue weighted by molar-refractivity contribution is 7.09. The molecule has 1 aromatic carbocycles. The molecule has 8 heteroatoms. The second-order valence-electron chi connectivity index (χ2n) is 5.04. The first-order valence-electron chi connectivity index (χ1n) is 7.24. The maximum atomic E-state index is 12.4. The summed E-state index contributed by atoms with van der Waals surface area (Å²) in [5.74, 6) is -0.199. The lowest BCUT2D eigenvalue weighted by atomic mass is 10.1. The molecule has 24 heavy (non-hydrogen) atoms. The van der Waals surface area contributed by atoms with E-state index in [1.807, 2.05) is 17.5 Å². The zero-order valence-electron chi connectivity index (χ0n) is 12.4. The molecule has 7 nitrogen and oxygen atoms in total. The van der Waals surface area contributed by atoms with Crippen molar-refractivity contribution >= 4 is 28.3 Å². The number of rotatable bonds is 4. The smallest absolute Gasteiger partial charge is 0.253 e. The number of aromatic nitrogens is 5. The van der Waals surface area contributed by atoms with E-state index < -0.39 is 0 Å². The number of thiazole rings is 1. The van der Waals surface area contributed by atoms with E-state index in [4.69, 9.17) is 0 Å². The summed E-state index contributed by atoms with van der Waals surface area (Å²) in [5.41, 5.74) is 3.60. The number of aromatic amines is 1.